The normalized spacial score (nSPS) is 26.1. The van der Waals surface area contributed by atoms with Crippen molar-refractivity contribution < 1.29 is 9.53 Å². The van der Waals surface area contributed by atoms with Crippen molar-refractivity contribution in [1.82, 2.24) is 9.88 Å². The van der Waals surface area contributed by atoms with E-state index >= 15 is 0 Å². The Bertz CT molecular complexity index is 514. The maximum atomic E-state index is 12.4. The van der Waals surface area contributed by atoms with Crippen LogP contribution in [0.3, 0.4) is 0 Å². The number of ether oxygens (including phenoxy) is 1. The summed E-state index contributed by atoms with van der Waals surface area (Å²) in [6, 6.07) is 3.69. The molecule has 0 saturated carbocycles. The fraction of sp³-hybridized carbons (Fsp3) is 0.600. The summed E-state index contributed by atoms with van der Waals surface area (Å²) in [6.45, 7) is 5.58. The summed E-state index contributed by atoms with van der Waals surface area (Å²) in [5, 5.41) is 0. The van der Waals surface area contributed by atoms with Gasteiger partial charge in [-0.3, -0.25) is 4.79 Å². The lowest BCUT2D eigenvalue weighted by Gasteiger charge is -2.36. The van der Waals surface area contributed by atoms with E-state index in [9.17, 15) is 4.79 Å². The highest BCUT2D eigenvalue weighted by molar-refractivity contribution is 5.79. The van der Waals surface area contributed by atoms with Gasteiger partial charge in [0.25, 0.3) is 0 Å². The second kappa shape index (κ2) is 5.89. The van der Waals surface area contributed by atoms with Crippen molar-refractivity contribution in [3.8, 4) is 0 Å². The van der Waals surface area contributed by atoms with E-state index < -0.39 is 0 Å². The predicted octanol–water partition coefficient (Wildman–Crippen LogP) is 0.737. The molecule has 21 heavy (non-hydrogen) atoms. The Morgan fingerprint density at radius 1 is 1.38 bits per heavy atom. The predicted molar refractivity (Wildman–Crippen MR) is 81.0 cm³/mol. The van der Waals surface area contributed by atoms with E-state index in [4.69, 9.17) is 10.5 Å². The average molecular weight is 290 g/mol. The number of nitrogens with two attached hydrogens (primary N) is 1. The van der Waals surface area contributed by atoms with Crippen molar-refractivity contribution in [3.05, 3.63) is 18.3 Å². The third kappa shape index (κ3) is 2.95. The Hall–Kier alpha value is -1.82. The van der Waals surface area contributed by atoms with E-state index in [2.05, 4.69) is 9.88 Å². The first-order chi connectivity index (χ1) is 10.1. The summed E-state index contributed by atoms with van der Waals surface area (Å²) in [6.07, 6.45) is 2.79. The topological polar surface area (TPSA) is 71.7 Å². The fourth-order valence-corrected chi connectivity index (χ4v) is 3.06. The molecule has 2 N–H and O–H groups in total. The number of hydrogen-bond donors (Lipinski definition) is 1. The number of nitrogen functional groups attached to an aromatic ring is 1. The molecule has 0 aromatic carbocycles. The van der Waals surface area contributed by atoms with Gasteiger partial charge in [0, 0.05) is 32.4 Å². The van der Waals surface area contributed by atoms with Crippen LogP contribution in [0.1, 0.15) is 13.3 Å². The molecule has 3 heterocycles. The summed E-state index contributed by atoms with van der Waals surface area (Å²) < 4.78 is 5.50. The Labute approximate surface area is 124 Å². The number of aromatic nitrogens is 1. The van der Waals surface area contributed by atoms with Crippen LogP contribution in [-0.2, 0) is 9.53 Å². The van der Waals surface area contributed by atoms with E-state index in [1.54, 1.807) is 6.20 Å². The molecule has 2 fully saturated rings. The molecule has 2 aliphatic rings. The molecular formula is C15H22N4O2. The van der Waals surface area contributed by atoms with Crippen molar-refractivity contribution in [2.45, 2.75) is 19.4 Å². The Morgan fingerprint density at radius 2 is 2.14 bits per heavy atom. The summed E-state index contributed by atoms with van der Waals surface area (Å²) in [5.74, 6) is 1.09. The quantitative estimate of drug-likeness (QED) is 0.869. The van der Waals surface area contributed by atoms with Gasteiger partial charge in [-0.25, -0.2) is 4.98 Å². The molecule has 3 rings (SSSR count). The van der Waals surface area contributed by atoms with Crippen LogP contribution in [0, 0.1) is 5.92 Å². The Morgan fingerprint density at radius 3 is 2.76 bits per heavy atom. The molecule has 0 aliphatic carbocycles. The van der Waals surface area contributed by atoms with Gasteiger partial charge in [0.2, 0.25) is 5.91 Å². The van der Waals surface area contributed by atoms with E-state index in [-0.39, 0.29) is 17.9 Å². The number of carbonyl (C=O) groups is 1. The first kappa shape index (κ1) is 14.1. The molecule has 1 aromatic heterocycles. The minimum atomic E-state index is 0.0338. The Kier molecular flexibility index (Phi) is 3.96. The number of carbonyl (C=O) groups excluding carboxylic acids is 1. The lowest BCUT2D eigenvalue weighted by atomic mass is 10.0. The molecule has 114 valence electrons. The number of amides is 1. The van der Waals surface area contributed by atoms with E-state index in [1.165, 1.54) is 0 Å². The zero-order valence-corrected chi connectivity index (χ0v) is 12.4. The summed E-state index contributed by atoms with van der Waals surface area (Å²) in [7, 11) is 0. The monoisotopic (exact) mass is 290 g/mol. The first-order valence-electron chi connectivity index (χ1n) is 7.51. The summed E-state index contributed by atoms with van der Waals surface area (Å²) in [4.78, 5) is 20.9. The third-order valence-electron chi connectivity index (χ3n) is 4.26. The highest BCUT2D eigenvalue weighted by atomic mass is 16.5. The minimum Gasteiger partial charge on any atom is -0.396 e. The standard InChI is InChI=1S/C15H22N4O2/c1-11-9-12(10-21-11)15(20)19-7-5-18(6-8-19)14-13(16)3-2-4-17-14/h2-4,11-12H,5-10,16H2,1H3. The van der Waals surface area contributed by atoms with Crippen LogP contribution in [0.15, 0.2) is 18.3 Å². The molecule has 2 saturated heterocycles. The molecule has 0 bridgehead atoms. The largest absolute Gasteiger partial charge is 0.396 e. The smallest absolute Gasteiger partial charge is 0.228 e. The molecule has 2 atom stereocenters. The molecule has 1 amide bonds. The van der Waals surface area contributed by atoms with Crippen molar-refractivity contribution in [1.29, 1.82) is 0 Å². The second-order valence-corrected chi connectivity index (χ2v) is 5.81. The number of rotatable bonds is 2. The third-order valence-corrected chi connectivity index (χ3v) is 4.26. The molecule has 2 unspecified atom stereocenters. The maximum Gasteiger partial charge on any atom is 0.228 e. The maximum absolute atomic E-state index is 12.4. The SMILES string of the molecule is CC1CC(C(=O)N2CCN(c3ncccc3N)CC2)CO1. The van der Waals surface area contributed by atoms with E-state index in [1.807, 2.05) is 24.0 Å². The van der Waals surface area contributed by atoms with Crippen LogP contribution >= 0.6 is 0 Å². The van der Waals surface area contributed by atoms with Gasteiger partial charge in [0.1, 0.15) is 0 Å². The fourth-order valence-electron chi connectivity index (χ4n) is 3.06. The summed E-state index contributed by atoms with van der Waals surface area (Å²) in [5.41, 5.74) is 6.65. The number of piperazine rings is 1. The van der Waals surface area contributed by atoms with Crippen molar-refractivity contribution in [3.63, 3.8) is 0 Å². The molecule has 6 nitrogen and oxygen atoms in total. The van der Waals surface area contributed by atoms with Gasteiger partial charge in [-0.1, -0.05) is 0 Å². The number of hydrogen-bond acceptors (Lipinski definition) is 5. The van der Waals surface area contributed by atoms with Gasteiger partial charge >= 0.3 is 0 Å². The van der Waals surface area contributed by atoms with Crippen LogP contribution in [0.5, 0.6) is 0 Å². The first-order valence-corrected chi connectivity index (χ1v) is 7.51. The molecule has 0 radical (unpaired) electrons. The number of anilines is 2. The van der Waals surface area contributed by atoms with Crippen LogP contribution in [-0.4, -0.2) is 54.7 Å². The molecule has 2 aliphatic heterocycles. The van der Waals surface area contributed by atoms with Crippen LogP contribution in [0.4, 0.5) is 11.5 Å². The number of nitrogens with zero attached hydrogens (tertiary/aromatic N) is 3. The number of pyridine rings is 1. The Balaban J connectivity index is 1.58. The average Bonchev–Trinajstić information content (AvgIpc) is 2.94. The second-order valence-electron chi connectivity index (χ2n) is 5.81. The minimum absolute atomic E-state index is 0.0338. The molecular weight excluding hydrogens is 268 g/mol. The summed E-state index contributed by atoms with van der Waals surface area (Å²) >= 11 is 0. The lowest BCUT2D eigenvalue weighted by molar-refractivity contribution is -0.135. The highest BCUT2D eigenvalue weighted by Gasteiger charge is 2.33. The molecule has 0 spiro atoms. The van der Waals surface area contributed by atoms with Gasteiger partial charge in [-0.15, -0.1) is 0 Å². The van der Waals surface area contributed by atoms with E-state index in [0.717, 1.165) is 38.4 Å². The van der Waals surface area contributed by atoms with Crippen LogP contribution in [0.25, 0.3) is 0 Å². The van der Waals surface area contributed by atoms with Gasteiger partial charge in [0.15, 0.2) is 5.82 Å². The lowest BCUT2D eigenvalue weighted by Crippen LogP contribution is -2.50. The van der Waals surface area contributed by atoms with Crippen LogP contribution in [0.2, 0.25) is 0 Å². The van der Waals surface area contributed by atoms with Gasteiger partial charge in [-0.05, 0) is 25.5 Å². The zero-order valence-electron chi connectivity index (χ0n) is 12.4. The van der Waals surface area contributed by atoms with Crippen LogP contribution < -0.4 is 10.6 Å². The van der Waals surface area contributed by atoms with Gasteiger partial charge in [-0.2, -0.15) is 0 Å². The van der Waals surface area contributed by atoms with Crippen molar-refractivity contribution in [2.24, 2.45) is 5.92 Å². The van der Waals surface area contributed by atoms with E-state index in [0.29, 0.717) is 12.3 Å². The van der Waals surface area contributed by atoms with Gasteiger partial charge in [0.05, 0.1) is 24.3 Å². The molecule has 1 aromatic rings. The zero-order chi connectivity index (χ0) is 14.8. The van der Waals surface area contributed by atoms with Gasteiger partial charge < -0.3 is 20.3 Å². The van der Waals surface area contributed by atoms with Crippen molar-refractivity contribution >= 4 is 17.4 Å². The molecule has 6 heteroatoms. The van der Waals surface area contributed by atoms with Crippen molar-refractivity contribution in [2.75, 3.05) is 43.4 Å². The highest BCUT2D eigenvalue weighted by Crippen LogP contribution is 2.24.